The average Bonchev–Trinajstić information content (AvgIpc) is 3.30. The Kier molecular flexibility index (Phi) is 3.03. The predicted molar refractivity (Wildman–Crippen MR) is 93.8 cm³/mol. The number of aromatic nitrogens is 5. The van der Waals surface area contributed by atoms with Crippen molar-refractivity contribution in [1.82, 2.24) is 24.3 Å². The van der Waals surface area contributed by atoms with Crippen molar-refractivity contribution in [2.45, 2.75) is 25.8 Å². The van der Waals surface area contributed by atoms with E-state index in [-0.39, 0.29) is 5.95 Å². The third-order valence-electron chi connectivity index (χ3n) is 4.89. The van der Waals surface area contributed by atoms with Gasteiger partial charge in [0.1, 0.15) is 11.3 Å². The van der Waals surface area contributed by atoms with Crippen LogP contribution in [0.4, 0.5) is 10.3 Å². The molecule has 1 fully saturated rings. The first-order chi connectivity index (χ1) is 12.2. The Morgan fingerprint density at radius 2 is 2.16 bits per heavy atom. The highest BCUT2D eigenvalue weighted by molar-refractivity contribution is 5.93. The van der Waals surface area contributed by atoms with Gasteiger partial charge in [0.05, 0.1) is 6.20 Å². The third kappa shape index (κ3) is 2.43. The summed E-state index contributed by atoms with van der Waals surface area (Å²) in [5, 5.41) is 4.28. The molecule has 6 nitrogen and oxygen atoms in total. The van der Waals surface area contributed by atoms with Crippen LogP contribution in [0.15, 0.2) is 36.9 Å². The minimum Gasteiger partial charge on any atom is -0.351 e. The molecular formula is C18H17FN6. The van der Waals surface area contributed by atoms with Crippen LogP contribution in [-0.2, 0) is 0 Å². The molecule has 0 spiro atoms. The lowest BCUT2D eigenvalue weighted by Crippen LogP contribution is -2.18. The van der Waals surface area contributed by atoms with Crippen LogP contribution >= 0.6 is 0 Å². The summed E-state index contributed by atoms with van der Waals surface area (Å²) in [6.45, 7) is 2.17. The van der Waals surface area contributed by atoms with Crippen molar-refractivity contribution in [3.8, 4) is 11.1 Å². The molecule has 0 amide bonds. The summed E-state index contributed by atoms with van der Waals surface area (Å²) >= 11 is 0. The summed E-state index contributed by atoms with van der Waals surface area (Å²) in [5.41, 5.74) is 3.16. The second-order valence-electron chi connectivity index (χ2n) is 6.66. The molecule has 4 aromatic rings. The number of hydrogen-bond acceptors (Lipinski definition) is 4. The molecule has 1 saturated carbocycles. The van der Waals surface area contributed by atoms with Crippen LogP contribution in [-0.4, -0.2) is 30.4 Å². The maximum Gasteiger partial charge on any atom is 0.224 e. The van der Waals surface area contributed by atoms with Crippen LogP contribution in [0.1, 0.15) is 19.8 Å². The lowest BCUT2D eigenvalue weighted by molar-refractivity contribution is 0.573. The Bertz CT molecular complexity index is 1080. The van der Waals surface area contributed by atoms with Gasteiger partial charge < -0.3 is 10.3 Å². The molecule has 1 atom stereocenters. The van der Waals surface area contributed by atoms with Crippen molar-refractivity contribution in [3.63, 3.8) is 0 Å². The van der Waals surface area contributed by atoms with Crippen LogP contribution in [0, 0.1) is 11.9 Å². The van der Waals surface area contributed by atoms with E-state index in [0.29, 0.717) is 17.6 Å². The van der Waals surface area contributed by atoms with E-state index in [9.17, 15) is 4.39 Å². The van der Waals surface area contributed by atoms with Crippen molar-refractivity contribution >= 4 is 22.6 Å². The number of halogens is 1. The van der Waals surface area contributed by atoms with Gasteiger partial charge in [-0.2, -0.15) is 9.37 Å². The van der Waals surface area contributed by atoms with E-state index in [2.05, 4.69) is 32.2 Å². The molecule has 0 aromatic carbocycles. The molecule has 0 radical (unpaired) electrons. The highest BCUT2D eigenvalue weighted by Gasteiger charge is 2.28. The van der Waals surface area contributed by atoms with Gasteiger partial charge in [-0.1, -0.05) is 0 Å². The molecule has 0 aliphatic heterocycles. The van der Waals surface area contributed by atoms with Crippen LogP contribution in [0.2, 0.25) is 0 Å². The molecule has 1 aliphatic carbocycles. The van der Waals surface area contributed by atoms with Crippen LogP contribution in [0.25, 0.3) is 27.8 Å². The number of aromatic amines is 1. The standard InChI is InChI=1S/C18H17FN6/c1-10(11-2-3-11)23-18-22-7-14-13(6-21-17(14)24-18)12-4-5-16-20-8-15(19)25(16)9-12/h4-11H,2-3H2,1H3,(H2,21,22,23,24)/t10-/m1/s1. The van der Waals surface area contributed by atoms with E-state index in [0.717, 1.165) is 28.1 Å². The summed E-state index contributed by atoms with van der Waals surface area (Å²) in [7, 11) is 0. The molecule has 0 saturated heterocycles. The van der Waals surface area contributed by atoms with Crippen molar-refractivity contribution in [2.24, 2.45) is 5.92 Å². The van der Waals surface area contributed by atoms with Gasteiger partial charge >= 0.3 is 0 Å². The fraction of sp³-hybridized carbons (Fsp3) is 0.278. The largest absolute Gasteiger partial charge is 0.351 e. The quantitative estimate of drug-likeness (QED) is 0.597. The smallest absolute Gasteiger partial charge is 0.224 e. The van der Waals surface area contributed by atoms with Crippen LogP contribution < -0.4 is 5.32 Å². The van der Waals surface area contributed by atoms with Gasteiger partial charge in [-0.15, -0.1) is 0 Å². The second-order valence-corrected chi connectivity index (χ2v) is 6.66. The summed E-state index contributed by atoms with van der Waals surface area (Å²) in [4.78, 5) is 16.2. The molecule has 4 aromatic heterocycles. The lowest BCUT2D eigenvalue weighted by Gasteiger charge is -2.12. The van der Waals surface area contributed by atoms with E-state index in [1.807, 2.05) is 18.5 Å². The maximum atomic E-state index is 13.8. The minimum atomic E-state index is -0.381. The molecule has 4 heterocycles. The van der Waals surface area contributed by atoms with Gasteiger partial charge in [0.25, 0.3) is 0 Å². The van der Waals surface area contributed by atoms with Crippen molar-refractivity contribution in [2.75, 3.05) is 5.32 Å². The van der Waals surface area contributed by atoms with E-state index in [1.165, 1.54) is 23.4 Å². The Balaban J connectivity index is 1.53. The van der Waals surface area contributed by atoms with Crippen molar-refractivity contribution in [3.05, 3.63) is 42.9 Å². The third-order valence-corrected chi connectivity index (χ3v) is 4.89. The Morgan fingerprint density at radius 3 is 3.00 bits per heavy atom. The van der Waals surface area contributed by atoms with Crippen LogP contribution in [0.5, 0.6) is 0 Å². The molecule has 7 heteroatoms. The fourth-order valence-corrected chi connectivity index (χ4v) is 3.24. The number of pyridine rings is 1. The second kappa shape index (κ2) is 5.27. The zero-order chi connectivity index (χ0) is 17.0. The monoisotopic (exact) mass is 336 g/mol. The number of nitrogens with zero attached hydrogens (tertiary/aromatic N) is 4. The van der Waals surface area contributed by atoms with Gasteiger partial charge in [-0.25, -0.2) is 9.97 Å². The molecule has 5 rings (SSSR count). The number of anilines is 1. The minimum absolute atomic E-state index is 0.381. The summed E-state index contributed by atoms with van der Waals surface area (Å²) in [6.07, 6.45) is 9.19. The average molecular weight is 336 g/mol. The number of H-pyrrole nitrogens is 1. The van der Waals surface area contributed by atoms with Gasteiger partial charge in [0.15, 0.2) is 0 Å². The highest BCUT2D eigenvalue weighted by Crippen LogP contribution is 2.34. The topological polar surface area (TPSA) is 70.9 Å². The van der Waals surface area contributed by atoms with Gasteiger partial charge in [0, 0.05) is 41.1 Å². The summed E-state index contributed by atoms with van der Waals surface area (Å²) in [6, 6.07) is 4.11. The molecular weight excluding hydrogens is 319 g/mol. The molecule has 25 heavy (non-hydrogen) atoms. The van der Waals surface area contributed by atoms with Gasteiger partial charge in [-0.05, 0) is 37.8 Å². The lowest BCUT2D eigenvalue weighted by atomic mass is 10.1. The molecule has 2 N–H and O–H groups in total. The molecule has 1 aliphatic rings. The molecule has 126 valence electrons. The summed E-state index contributed by atoms with van der Waals surface area (Å²) in [5.74, 6) is 0.986. The maximum absolute atomic E-state index is 13.8. The predicted octanol–water partition coefficient (Wildman–Crippen LogP) is 3.62. The molecule has 0 unspecified atom stereocenters. The van der Waals surface area contributed by atoms with Gasteiger partial charge in [0.2, 0.25) is 11.9 Å². The fourth-order valence-electron chi connectivity index (χ4n) is 3.24. The summed E-state index contributed by atoms with van der Waals surface area (Å²) < 4.78 is 15.2. The number of nitrogens with one attached hydrogen (secondary N) is 2. The van der Waals surface area contributed by atoms with E-state index >= 15 is 0 Å². The number of fused-ring (bicyclic) bond motifs is 2. The first-order valence-electron chi connectivity index (χ1n) is 8.43. The SMILES string of the molecule is C[C@@H](Nc1ncc2c(-c3ccc4ncc(F)n4c3)c[nH]c2n1)C1CC1. The first-order valence-corrected chi connectivity index (χ1v) is 8.43. The number of hydrogen-bond donors (Lipinski definition) is 2. The van der Waals surface area contributed by atoms with E-state index < -0.39 is 0 Å². The highest BCUT2D eigenvalue weighted by atomic mass is 19.1. The number of rotatable bonds is 4. The van der Waals surface area contributed by atoms with Gasteiger partial charge in [-0.3, -0.25) is 4.40 Å². The zero-order valence-corrected chi connectivity index (χ0v) is 13.7. The first kappa shape index (κ1) is 14.4. The normalized spacial score (nSPS) is 15.8. The zero-order valence-electron chi connectivity index (χ0n) is 13.7. The number of imidazole rings is 1. The van der Waals surface area contributed by atoms with E-state index in [4.69, 9.17) is 0 Å². The van der Waals surface area contributed by atoms with Crippen LogP contribution in [0.3, 0.4) is 0 Å². The molecule has 0 bridgehead atoms. The van der Waals surface area contributed by atoms with Crippen molar-refractivity contribution < 1.29 is 4.39 Å². The van der Waals surface area contributed by atoms with E-state index in [1.54, 1.807) is 12.3 Å². The Morgan fingerprint density at radius 1 is 1.28 bits per heavy atom. The Hall–Kier alpha value is -2.96. The van der Waals surface area contributed by atoms with Crippen molar-refractivity contribution in [1.29, 1.82) is 0 Å². The Labute approximate surface area is 143 Å².